The molecule has 2 rings (SSSR count). The number of aryl methyl sites for hydroxylation is 1. The lowest BCUT2D eigenvalue weighted by molar-refractivity contribution is 0.355. The summed E-state index contributed by atoms with van der Waals surface area (Å²) in [6, 6.07) is 7.55. The van der Waals surface area contributed by atoms with E-state index >= 15 is 0 Å². The van der Waals surface area contributed by atoms with Crippen LogP contribution >= 0.6 is 0 Å². The second-order valence-electron chi connectivity index (χ2n) is 4.62. The molecular weight excluding hydrogens is 254 g/mol. The third-order valence-electron chi connectivity index (χ3n) is 3.19. The number of rotatable bonds is 6. The van der Waals surface area contributed by atoms with Crippen LogP contribution in [0.15, 0.2) is 24.3 Å². The molecule has 0 bridgehead atoms. The summed E-state index contributed by atoms with van der Waals surface area (Å²) in [6.45, 7) is 2.16. The Morgan fingerprint density at radius 1 is 1.15 bits per heavy atom. The van der Waals surface area contributed by atoms with Crippen molar-refractivity contribution in [1.29, 1.82) is 0 Å². The molecule has 0 spiro atoms. The molecule has 5 nitrogen and oxygen atoms in total. The summed E-state index contributed by atoms with van der Waals surface area (Å²) in [6.07, 6.45) is 3.20. The van der Waals surface area contributed by atoms with E-state index in [9.17, 15) is 0 Å². The average Bonchev–Trinajstić information content (AvgIpc) is 2.85. The first kappa shape index (κ1) is 14.2. The number of nitrogens with zero attached hydrogens (tertiary/aromatic N) is 2. The van der Waals surface area contributed by atoms with Crippen molar-refractivity contribution in [3.8, 4) is 17.2 Å². The van der Waals surface area contributed by atoms with E-state index in [1.807, 2.05) is 24.3 Å². The Morgan fingerprint density at radius 2 is 1.90 bits per heavy atom. The molecule has 0 aliphatic heterocycles. The largest absolute Gasteiger partial charge is 0.493 e. The highest BCUT2D eigenvalue weighted by Gasteiger charge is 2.10. The van der Waals surface area contributed by atoms with Crippen LogP contribution in [0.4, 0.5) is 5.82 Å². The first-order chi connectivity index (χ1) is 9.69. The Kier molecular flexibility index (Phi) is 4.50. The van der Waals surface area contributed by atoms with Gasteiger partial charge in [0.2, 0.25) is 0 Å². The number of aromatic nitrogens is 2. The average molecular weight is 275 g/mol. The molecule has 0 fully saturated rings. The zero-order valence-electron chi connectivity index (χ0n) is 12.2. The van der Waals surface area contributed by atoms with Crippen LogP contribution in [0.2, 0.25) is 0 Å². The van der Waals surface area contributed by atoms with Gasteiger partial charge in [-0.1, -0.05) is 13.3 Å². The topological polar surface area (TPSA) is 62.3 Å². The van der Waals surface area contributed by atoms with E-state index in [0.29, 0.717) is 17.3 Å². The Morgan fingerprint density at radius 3 is 2.55 bits per heavy atom. The molecular formula is C15H21N3O2. The van der Waals surface area contributed by atoms with Crippen LogP contribution in [0.1, 0.15) is 25.5 Å². The van der Waals surface area contributed by atoms with Crippen molar-refractivity contribution >= 4 is 5.82 Å². The number of nitrogens with two attached hydrogens (primary N) is 1. The summed E-state index contributed by atoms with van der Waals surface area (Å²) in [5, 5.41) is 4.54. The van der Waals surface area contributed by atoms with Crippen LogP contribution in [0.25, 0.3) is 5.69 Å². The standard InChI is InChI=1S/C15H21N3O2/c1-4-5-6-11-9-15(16)18(17-11)12-7-8-13(19-2)14(10-12)20-3/h7-10H,4-6,16H2,1-3H3. The van der Waals surface area contributed by atoms with Gasteiger partial charge in [0.1, 0.15) is 5.82 Å². The maximum atomic E-state index is 6.04. The van der Waals surface area contributed by atoms with Gasteiger partial charge in [-0.15, -0.1) is 0 Å². The number of hydrogen-bond acceptors (Lipinski definition) is 4. The summed E-state index contributed by atoms with van der Waals surface area (Å²) in [7, 11) is 3.23. The first-order valence-electron chi connectivity index (χ1n) is 6.76. The van der Waals surface area contributed by atoms with E-state index in [-0.39, 0.29) is 0 Å². The molecule has 0 aliphatic carbocycles. The van der Waals surface area contributed by atoms with Crippen LogP contribution < -0.4 is 15.2 Å². The van der Waals surface area contributed by atoms with Gasteiger partial charge in [0.25, 0.3) is 0 Å². The van der Waals surface area contributed by atoms with Gasteiger partial charge in [0.05, 0.1) is 25.6 Å². The number of ether oxygens (including phenoxy) is 2. The number of methoxy groups -OCH3 is 2. The lowest BCUT2D eigenvalue weighted by atomic mass is 10.2. The highest BCUT2D eigenvalue weighted by molar-refractivity contribution is 5.51. The van der Waals surface area contributed by atoms with Crippen LogP contribution in [-0.4, -0.2) is 24.0 Å². The first-order valence-corrected chi connectivity index (χ1v) is 6.76. The summed E-state index contributed by atoms with van der Waals surface area (Å²) in [5.41, 5.74) is 7.91. The van der Waals surface area contributed by atoms with E-state index < -0.39 is 0 Å². The molecule has 1 aromatic carbocycles. The molecule has 108 valence electrons. The van der Waals surface area contributed by atoms with Gasteiger partial charge < -0.3 is 15.2 Å². The van der Waals surface area contributed by atoms with Gasteiger partial charge in [-0.2, -0.15) is 5.10 Å². The van der Waals surface area contributed by atoms with Crippen molar-refractivity contribution in [2.45, 2.75) is 26.2 Å². The zero-order chi connectivity index (χ0) is 14.5. The van der Waals surface area contributed by atoms with Crippen LogP contribution in [-0.2, 0) is 6.42 Å². The van der Waals surface area contributed by atoms with E-state index in [1.165, 1.54) is 0 Å². The van der Waals surface area contributed by atoms with Crippen molar-refractivity contribution in [2.75, 3.05) is 20.0 Å². The summed E-state index contributed by atoms with van der Waals surface area (Å²) < 4.78 is 12.3. The third kappa shape index (κ3) is 2.87. The van der Waals surface area contributed by atoms with Crippen molar-refractivity contribution in [3.63, 3.8) is 0 Å². The van der Waals surface area contributed by atoms with Gasteiger partial charge >= 0.3 is 0 Å². The van der Waals surface area contributed by atoms with Gasteiger partial charge in [-0.3, -0.25) is 0 Å². The molecule has 5 heteroatoms. The van der Waals surface area contributed by atoms with E-state index in [0.717, 1.165) is 30.6 Å². The molecule has 1 aromatic heterocycles. The molecule has 2 aromatic rings. The summed E-state index contributed by atoms with van der Waals surface area (Å²) >= 11 is 0. The maximum Gasteiger partial charge on any atom is 0.162 e. The quantitative estimate of drug-likeness (QED) is 0.880. The number of unbranched alkanes of at least 4 members (excludes halogenated alkanes) is 1. The molecule has 0 saturated carbocycles. The van der Waals surface area contributed by atoms with Gasteiger partial charge in [-0.05, 0) is 25.0 Å². The highest BCUT2D eigenvalue weighted by atomic mass is 16.5. The number of anilines is 1. The number of hydrogen-bond donors (Lipinski definition) is 1. The molecule has 2 N–H and O–H groups in total. The van der Waals surface area contributed by atoms with E-state index in [4.69, 9.17) is 15.2 Å². The maximum absolute atomic E-state index is 6.04. The molecule has 0 aliphatic rings. The predicted molar refractivity (Wildman–Crippen MR) is 79.7 cm³/mol. The zero-order valence-corrected chi connectivity index (χ0v) is 12.2. The van der Waals surface area contributed by atoms with E-state index in [1.54, 1.807) is 18.9 Å². The van der Waals surface area contributed by atoms with Gasteiger partial charge in [0.15, 0.2) is 11.5 Å². The lowest BCUT2D eigenvalue weighted by Crippen LogP contribution is -2.03. The minimum Gasteiger partial charge on any atom is -0.493 e. The Bertz CT molecular complexity index is 578. The summed E-state index contributed by atoms with van der Waals surface area (Å²) in [5.74, 6) is 1.98. The van der Waals surface area contributed by atoms with Crippen molar-refractivity contribution in [3.05, 3.63) is 30.0 Å². The number of nitrogen functional groups attached to an aromatic ring is 1. The summed E-state index contributed by atoms with van der Waals surface area (Å²) in [4.78, 5) is 0. The predicted octanol–water partition coefficient (Wildman–Crippen LogP) is 2.81. The Hall–Kier alpha value is -2.17. The lowest BCUT2D eigenvalue weighted by Gasteiger charge is -2.10. The van der Waals surface area contributed by atoms with Crippen LogP contribution in [0.5, 0.6) is 11.5 Å². The smallest absolute Gasteiger partial charge is 0.162 e. The third-order valence-corrected chi connectivity index (χ3v) is 3.19. The number of benzene rings is 1. The molecule has 0 unspecified atom stereocenters. The normalized spacial score (nSPS) is 10.6. The Labute approximate surface area is 119 Å². The van der Waals surface area contributed by atoms with Gasteiger partial charge in [0, 0.05) is 12.1 Å². The second-order valence-corrected chi connectivity index (χ2v) is 4.62. The Balaban J connectivity index is 2.33. The second kappa shape index (κ2) is 6.32. The molecule has 0 radical (unpaired) electrons. The molecule has 0 amide bonds. The minimum atomic E-state index is 0.628. The molecule has 20 heavy (non-hydrogen) atoms. The SMILES string of the molecule is CCCCc1cc(N)n(-c2ccc(OC)c(OC)c2)n1. The minimum absolute atomic E-state index is 0.628. The van der Waals surface area contributed by atoms with Crippen molar-refractivity contribution in [1.82, 2.24) is 9.78 Å². The fraction of sp³-hybridized carbons (Fsp3) is 0.400. The molecule has 0 saturated heterocycles. The van der Waals surface area contributed by atoms with E-state index in [2.05, 4.69) is 12.0 Å². The van der Waals surface area contributed by atoms with Gasteiger partial charge in [-0.25, -0.2) is 4.68 Å². The van der Waals surface area contributed by atoms with Crippen LogP contribution in [0.3, 0.4) is 0 Å². The molecule has 0 atom stereocenters. The highest BCUT2D eigenvalue weighted by Crippen LogP contribution is 2.29. The monoisotopic (exact) mass is 275 g/mol. The fourth-order valence-corrected chi connectivity index (χ4v) is 2.09. The fourth-order valence-electron chi connectivity index (χ4n) is 2.09. The van der Waals surface area contributed by atoms with Crippen molar-refractivity contribution in [2.24, 2.45) is 0 Å². The molecule has 1 heterocycles. The van der Waals surface area contributed by atoms with Crippen LogP contribution in [0, 0.1) is 0 Å². The van der Waals surface area contributed by atoms with Crippen molar-refractivity contribution < 1.29 is 9.47 Å².